The molecule has 5 nitrogen and oxygen atoms in total. The maximum Gasteiger partial charge on any atom is 0.257 e. The summed E-state index contributed by atoms with van der Waals surface area (Å²) in [6, 6.07) is 9.17. The van der Waals surface area contributed by atoms with Crippen LogP contribution >= 0.6 is 11.6 Å². The summed E-state index contributed by atoms with van der Waals surface area (Å²) in [6.07, 6.45) is 1.66. The number of pyridine rings is 1. The summed E-state index contributed by atoms with van der Waals surface area (Å²) in [7, 11) is 0. The molecule has 1 aromatic heterocycles. The molecule has 0 atom stereocenters. The van der Waals surface area contributed by atoms with Crippen LogP contribution in [0, 0.1) is 6.92 Å². The van der Waals surface area contributed by atoms with Crippen molar-refractivity contribution in [1.82, 2.24) is 9.88 Å². The fourth-order valence-electron chi connectivity index (χ4n) is 2.48. The van der Waals surface area contributed by atoms with E-state index in [0.717, 1.165) is 11.3 Å². The van der Waals surface area contributed by atoms with Gasteiger partial charge in [-0.3, -0.25) is 4.79 Å². The molecule has 2 aromatic rings. The van der Waals surface area contributed by atoms with Crippen LogP contribution in [0.3, 0.4) is 0 Å². The van der Waals surface area contributed by atoms with Crippen molar-refractivity contribution < 1.29 is 9.53 Å². The Kier molecular flexibility index (Phi) is 4.79. The third-order valence-electron chi connectivity index (χ3n) is 3.86. The zero-order chi connectivity index (χ0) is 16.2. The molecule has 1 aliphatic rings. The lowest BCUT2D eigenvalue weighted by atomic mass is 10.1. The molecule has 1 aliphatic heterocycles. The zero-order valence-electron chi connectivity index (χ0n) is 12.9. The predicted molar refractivity (Wildman–Crippen MR) is 90.4 cm³/mol. The molecule has 2 heterocycles. The number of rotatable bonds is 3. The summed E-state index contributed by atoms with van der Waals surface area (Å²) in [5, 5.41) is 3.90. The average molecular weight is 332 g/mol. The summed E-state index contributed by atoms with van der Waals surface area (Å²) < 4.78 is 5.30. The first-order valence-electron chi connectivity index (χ1n) is 7.51. The Morgan fingerprint density at radius 1 is 1.26 bits per heavy atom. The quantitative estimate of drug-likeness (QED) is 0.938. The number of nitrogens with one attached hydrogen (secondary N) is 1. The normalized spacial score (nSPS) is 14.6. The van der Waals surface area contributed by atoms with E-state index in [1.165, 1.54) is 0 Å². The van der Waals surface area contributed by atoms with Gasteiger partial charge in [-0.25, -0.2) is 4.98 Å². The molecule has 6 heteroatoms. The molecular weight excluding hydrogens is 314 g/mol. The highest BCUT2D eigenvalue weighted by Crippen LogP contribution is 2.27. The van der Waals surface area contributed by atoms with E-state index >= 15 is 0 Å². The molecule has 0 unspecified atom stereocenters. The molecule has 0 radical (unpaired) electrons. The minimum atomic E-state index is -0.0384. The highest BCUT2D eigenvalue weighted by atomic mass is 35.5. The molecular formula is C17H18ClN3O2. The van der Waals surface area contributed by atoms with E-state index in [9.17, 15) is 4.79 Å². The monoisotopic (exact) mass is 331 g/mol. The van der Waals surface area contributed by atoms with Crippen LogP contribution in [0.2, 0.25) is 5.02 Å². The first kappa shape index (κ1) is 15.8. The van der Waals surface area contributed by atoms with E-state index in [-0.39, 0.29) is 5.91 Å². The molecule has 1 aromatic carbocycles. The molecule has 3 rings (SSSR count). The van der Waals surface area contributed by atoms with E-state index in [2.05, 4.69) is 10.3 Å². The van der Waals surface area contributed by atoms with Gasteiger partial charge in [0.15, 0.2) is 0 Å². The predicted octanol–water partition coefficient (Wildman–Crippen LogP) is 3.26. The summed E-state index contributed by atoms with van der Waals surface area (Å²) in [5.74, 6) is 0.498. The van der Waals surface area contributed by atoms with Gasteiger partial charge in [-0.15, -0.1) is 0 Å². The zero-order valence-corrected chi connectivity index (χ0v) is 13.6. The van der Waals surface area contributed by atoms with E-state index in [1.807, 2.05) is 25.1 Å². The smallest absolute Gasteiger partial charge is 0.257 e. The molecule has 0 saturated carbocycles. The molecule has 1 saturated heterocycles. The first-order valence-corrected chi connectivity index (χ1v) is 7.89. The van der Waals surface area contributed by atoms with Crippen molar-refractivity contribution in [1.29, 1.82) is 0 Å². The second-order valence-corrected chi connectivity index (χ2v) is 5.75. The van der Waals surface area contributed by atoms with Crippen molar-refractivity contribution in [3.63, 3.8) is 0 Å². The lowest BCUT2D eigenvalue weighted by Gasteiger charge is -2.27. The number of hydrogen-bond acceptors (Lipinski definition) is 4. The minimum Gasteiger partial charge on any atom is -0.378 e. The number of benzene rings is 1. The second kappa shape index (κ2) is 6.98. The Balaban J connectivity index is 1.88. The lowest BCUT2D eigenvalue weighted by Crippen LogP contribution is -2.40. The van der Waals surface area contributed by atoms with Crippen molar-refractivity contribution >= 4 is 29.0 Å². The highest BCUT2D eigenvalue weighted by Gasteiger charge is 2.21. The van der Waals surface area contributed by atoms with Gasteiger partial charge in [-0.05, 0) is 36.8 Å². The Labute approximate surface area is 140 Å². The van der Waals surface area contributed by atoms with Gasteiger partial charge in [-0.2, -0.15) is 0 Å². The van der Waals surface area contributed by atoms with Crippen LogP contribution in [0.25, 0.3) is 0 Å². The van der Waals surface area contributed by atoms with E-state index in [1.54, 1.807) is 23.2 Å². The summed E-state index contributed by atoms with van der Waals surface area (Å²) in [6.45, 7) is 4.27. The van der Waals surface area contributed by atoms with E-state index < -0.39 is 0 Å². The van der Waals surface area contributed by atoms with Crippen LogP contribution in [-0.4, -0.2) is 42.1 Å². The van der Waals surface area contributed by atoms with E-state index in [0.29, 0.717) is 42.7 Å². The number of anilines is 2. The number of carbonyl (C=O) groups is 1. The maximum atomic E-state index is 12.7. The van der Waals surface area contributed by atoms with Gasteiger partial charge >= 0.3 is 0 Å². The molecule has 0 aliphatic carbocycles. The molecule has 1 fully saturated rings. The van der Waals surface area contributed by atoms with Crippen molar-refractivity contribution in [2.75, 3.05) is 31.6 Å². The number of aromatic nitrogens is 1. The number of amides is 1. The van der Waals surface area contributed by atoms with Crippen LogP contribution in [0.5, 0.6) is 0 Å². The first-order chi connectivity index (χ1) is 11.2. The molecule has 120 valence electrons. The number of nitrogens with zero attached hydrogens (tertiary/aromatic N) is 2. The van der Waals surface area contributed by atoms with Crippen LogP contribution in [0.15, 0.2) is 36.5 Å². The van der Waals surface area contributed by atoms with Crippen LogP contribution < -0.4 is 5.32 Å². The Bertz CT molecular complexity index is 715. The van der Waals surface area contributed by atoms with Crippen LogP contribution in [0.1, 0.15) is 15.9 Å². The van der Waals surface area contributed by atoms with Gasteiger partial charge in [0.25, 0.3) is 5.91 Å². The Hall–Kier alpha value is -2.11. The Morgan fingerprint density at radius 3 is 2.83 bits per heavy atom. The second-order valence-electron chi connectivity index (χ2n) is 5.34. The average Bonchev–Trinajstić information content (AvgIpc) is 2.60. The molecule has 1 amide bonds. The summed E-state index contributed by atoms with van der Waals surface area (Å²) in [5.41, 5.74) is 2.31. The largest absolute Gasteiger partial charge is 0.378 e. The summed E-state index contributed by atoms with van der Waals surface area (Å²) >= 11 is 6.15. The van der Waals surface area contributed by atoms with Gasteiger partial charge in [0.2, 0.25) is 0 Å². The van der Waals surface area contributed by atoms with Gasteiger partial charge in [0.05, 0.1) is 18.8 Å². The summed E-state index contributed by atoms with van der Waals surface area (Å²) in [4.78, 5) is 18.8. The fourth-order valence-corrected chi connectivity index (χ4v) is 2.66. The third-order valence-corrected chi connectivity index (χ3v) is 4.27. The number of morpholine rings is 1. The van der Waals surface area contributed by atoms with Gasteiger partial charge in [0.1, 0.15) is 5.82 Å². The lowest BCUT2D eigenvalue weighted by molar-refractivity contribution is 0.0303. The molecule has 1 N–H and O–H groups in total. The fraction of sp³-hybridized carbons (Fsp3) is 0.294. The molecule has 0 spiro atoms. The third kappa shape index (κ3) is 3.46. The van der Waals surface area contributed by atoms with Crippen molar-refractivity contribution in [3.8, 4) is 0 Å². The standard InChI is InChI=1S/C17H18ClN3O2/c1-12-14(18)5-2-6-15(12)20-16-13(4-3-7-19-16)17(22)21-8-10-23-11-9-21/h2-7H,8-11H2,1H3,(H,19,20). The topological polar surface area (TPSA) is 54.5 Å². The van der Waals surface area contributed by atoms with Crippen molar-refractivity contribution in [2.45, 2.75) is 6.92 Å². The van der Waals surface area contributed by atoms with E-state index in [4.69, 9.17) is 16.3 Å². The highest BCUT2D eigenvalue weighted by molar-refractivity contribution is 6.31. The number of hydrogen-bond donors (Lipinski definition) is 1. The maximum absolute atomic E-state index is 12.7. The minimum absolute atomic E-state index is 0.0384. The van der Waals surface area contributed by atoms with Crippen molar-refractivity contribution in [3.05, 3.63) is 52.7 Å². The molecule has 23 heavy (non-hydrogen) atoms. The van der Waals surface area contributed by atoms with Gasteiger partial charge in [-0.1, -0.05) is 17.7 Å². The number of halogens is 1. The Morgan fingerprint density at radius 2 is 2.04 bits per heavy atom. The molecule has 0 bridgehead atoms. The van der Waals surface area contributed by atoms with Gasteiger partial charge in [0, 0.05) is 30.0 Å². The van der Waals surface area contributed by atoms with Crippen LogP contribution in [0.4, 0.5) is 11.5 Å². The SMILES string of the molecule is Cc1c(Cl)cccc1Nc1ncccc1C(=O)N1CCOCC1. The van der Waals surface area contributed by atoms with Gasteiger partial charge < -0.3 is 15.0 Å². The number of ether oxygens (including phenoxy) is 1. The van der Waals surface area contributed by atoms with Crippen LogP contribution in [-0.2, 0) is 4.74 Å². The van der Waals surface area contributed by atoms with Crippen molar-refractivity contribution in [2.24, 2.45) is 0 Å². The number of carbonyl (C=O) groups excluding carboxylic acids is 1.